The van der Waals surface area contributed by atoms with Crippen molar-refractivity contribution in [1.29, 1.82) is 5.26 Å². The molecule has 0 saturated carbocycles. The Bertz CT molecular complexity index is 744. The van der Waals surface area contributed by atoms with Crippen molar-refractivity contribution in [2.75, 3.05) is 6.54 Å². The van der Waals surface area contributed by atoms with E-state index in [-0.39, 0.29) is 17.4 Å². The smallest absolute Gasteiger partial charge is 0.296 e. The van der Waals surface area contributed by atoms with Crippen LogP contribution in [0.2, 0.25) is 0 Å². The van der Waals surface area contributed by atoms with Crippen molar-refractivity contribution >= 4 is 17.6 Å². The third kappa shape index (κ3) is 5.55. The van der Waals surface area contributed by atoms with E-state index in [0.717, 1.165) is 32.1 Å². The van der Waals surface area contributed by atoms with Crippen molar-refractivity contribution in [3.63, 3.8) is 0 Å². The Kier molecular flexibility index (Phi) is 7.10. The first-order valence-electron chi connectivity index (χ1n) is 8.76. The van der Waals surface area contributed by atoms with Crippen LogP contribution in [0.4, 0.5) is 0 Å². The van der Waals surface area contributed by atoms with Crippen molar-refractivity contribution in [2.45, 2.75) is 45.4 Å². The molecule has 2 amide bonds. The molecule has 1 aliphatic rings. The van der Waals surface area contributed by atoms with E-state index in [1.54, 1.807) is 31.2 Å². The van der Waals surface area contributed by atoms with Gasteiger partial charge in [-0.15, -0.1) is 0 Å². The average Bonchev–Trinajstić information content (AvgIpc) is 2.88. The molecule has 1 heterocycles. The second-order valence-corrected chi connectivity index (χ2v) is 6.26. The molecule has 0 spiro atoms. The average molecular weight is 354 g/mol. The highest BCUT2D eigenvalue weighted by Crippen LogP contribution is 2.20. The van der Waals surface area contributed by atoms with Crippen LogP contribution >= 0.6 is 0 Å². The molecular weight excluding hydrogens is 332 g/mol. The number of ketones is 1. The Morgan fingerprint density at radius 3 is 2.38 bits per heavy atom. The molecule has 0 atom stereocenters. The van der Waals surface area contributed by atoms with Crippen LogP contribution in [-0.2, 0) is 14.4 Å². The number of nitrogens with zero attached hydrogens (tertiary/aromatic N) is 2. The lowest BCUT2D eigenvalue weighted by atomic mass is 10.1. The largest absolute Gasteiger partial charge is 0.451 e. The van der Waals surface area contributed by atoms with E-state index in [0.29, 0.717) is 24.3 Å². The molecule has 0 N–H and O–H groups in total. The molecule has 0 aromatic heterocycles. The van der Waals surface area contributed by atoms with E-state index in [1.807, 2.05) is 6.07 Å². The minimum absolute atomic E-state index is 0.00108. The summed E-state index contributed by atoms with van der Waals surface area (Å²) in [6.07, 6.45) is 6.30. The molecule has 0 aliphatic carbocycles. The van der Waals surface area contributed by atoms with Crippen LogP contribution in [-0.4, -0.2) is 29.0 Å². The summed E-state index contributed by atoms with van der Waals surface area (Å²) in [7, 11) is 0. The van der Waals surface area contributed by atoms with Crippen LogP contribution < -0.4 is 4.74 Å². The fraction of sp³-hybridized carbons (Fsp3) is 0.400. The standard InChI is InChI=1S/C20H22N2O4/c1-15(23)7-5-3-2-4-6-12-22-19(24)13-18(20(22)25)26-17-10-8-16(14-21)9-11-17/h8-11,13H,2-7,12H2,1H3. The van der Waals surface area contributed by atoms with Gasteiger partial charge in [0, 0.05) is 13.0 Å². The van der Waals surface area contributed by atoms with Crippen LogP contribution in [0.25, 0.3) is 0 Å². The molecule has 1 aromatic carbocycles. The molecule has 1 aliphatic heterocycles. The molecule has 26 heavy (non-hydrogen) atoms. The summed E-state index contributed by atoms with van der Waals surface area (Å²) in [6, 6.07) is 8.34. The minimum Gasteiger partial charge on any atom is -0.451 e. The highest BCUT2D eigenvalue weighted by Gasteiger charge is 2.32. The minimum atomic E-state index is -0.434. The van der Waals surface area contributed by atoms with Gasteiger partial charge in [0.15, 0.2) is 5.76 Å². The number of hydrogen-bond acceptors (Lipinski definition) is 5. The monoisotopic (exact) mass is 354 g/mol. The lowest BCUT2D eigenvalue weighted by Gasteiger charge is -2.14. The Morgan fingerprint density at radius 2 is 1.73 bits per heavy atom. The molecule has 6 heteroatoms. The van der Waals surface area contributed by atoms with Gasteiger partial charge in [-0.1, -0.05) is 19.3 Å². The van der Waals surface area contributed by atoms with Gasteiger partial charge in [-0.05, 0) is 44.0 Å². The van der Waals surface area contributed by atoms with Gasteiger partial charge in [0.1, 0.15) is 11.5 Å². The highest BCUT2D eigenvalue weighted by molar-refractivity contribution is 6.15. The maximum atomic E-state index is 12.3. The SMILES string of the molecule is CC(=O)CCCCCCCN1C(=O)C=C(Oc2ccc(C#N)cc2)C1=O. The van der Waals surface area contributed by atoms with Crippen LogP contribution in [0.15, 0.2) is 36.1 Å². The van der Waals surface area contributed by atoms with Crippen LogP contribution in [0.5, 0.6) is 5.75 Å². The van der Waals surface area contributed by atoms with Gasteiger partial charge in [0.2, 0.25) is 0 Å². The van der Waals surface area contributed by atoms with E-state index >= 15 is 0 Å². The fourth-order valence-electron chi connectivity index (χ4n) is 2.67. The molecular formula is C20H22N2O4. The number of benzene rings is 1. The summed E-state index contributed by atoms with van der Waals surface area (Å²) >= 11 is 0. The number of amides is 2. The molecule has 0 bridgehead atoms. The van der Waals surface area contributed by atoms with Crippen LogP contribution in [0.3, 0.4) is 0 Å². The van der Waals surface area contributed by atoms with Crippen LogP contribution in [0, 0.1) is 11.3 Å². The van der Waals surface area contributed by atoms with E-state index in [1.165, 1.54) is 11.0 Å². The summed E-state index contributed by atoms with van der Waals surface area (Å²) < 4.78 is 5.48. The fourth-order valence-corrected chi connectivity index (χ4v) is 2.67. The summed E-state index contributed by atoms with van der Waals surface area (Å²) in [6.45, 7) is 1.95. The predicted octanol–water partition coefficient (Wildman–Crippen LogP) is 3.12. The van der Waals surface area contributed by atoms with Crippen molar-refractivity contribution < 1.29 is 19.1 Å². The molecule has 1 aromatic rings. The van der Waals surface area contributed by atoms with Gasteiger partial charge in [-0.3, -0.25) is 14.5 Å². The first-order chi connectivity index (χ1) is 12.5. The Balaban J connectivity index is 1.75. The number of nitriles is 1. The van der Waals surface area contributed by atoms with Crippen molar-refractivity contribution in [1.82, 2.24) is 4.90 Å². The zero-order valence-corrected chi connectivity index (χ0v) is 14.9. The summed E-state index contributed by atoms with van der Waals surface area (Å²) in [5.41, 5.74) is 0.491. The highest BCUT2D eigenvalue weighted by atomic mass is 16.5. The number of unbranched alkanes of at least 4 members (excludes halogenated alkanes) is 4. The van der Waals surface area contributed by atoms with E-state index in [4.69, 9.17) is 10.00 Å². The first-order valence-corrected chi connectivity index (χ1v) is 8.76. The molecule has 6 nitrogen and oxygen atoms in total. The van der Waals surface area contributed by atoms with Crippen molar-refractivity contribution in [3.8, 4) is 11.8 Å². The van der Waals surface area contributed by atoms with Gasteiger partial charge in [0.05, 0.1) is 17.7 Å². The van der Waals surface area contributed by atoms with E-state index in [2.05, 4.69) is 0 Å². The third-order valence-electron chi connectivity index (χ3n) is 4.10. The van der Waals surface area contributed by atoms with Gasteiger partial charge < -0.3 is 9.53 Å². The normalized spacial score (nSPS) is 13.5. The lowest BCUT2D eigenvalue weighted by molar-refractivity contribution is -0.138. The first kappa shape index (κ1) is 19.4. The Hall–Kier alpha value is -2.94. The third-order valence-corrected chi connectivity index (χ3v) is 4.10. The number of carbonyl (C=O) groups excluding carboxylic acids is 3. The Labute approximate surface area is 153 Å². The maximum Gasteiger partial charge on any atom is 0.296 e. The second-order valence-electron chi connectivity index (χ2n) is 6.26. The predicted molar refractivity (Wildman–Crippen MR) is 95.0 cm³/mol. The van der Waals surface area contributed by atoms with Gasteiger partial charge in [-0.2, -0.15) is 5.26 Å². The number of imide groups is 1. The second kappa shape index (κ2) is 9.52. The molecule has 136 valence electrons. The molecule has 2 rings (SSSR count). The number of rotatable bonds is 10. The maximum absolute atomic E-state index is 12.3. The van der Waals surface area contributed by atoms with E-state index in [9.17, 15) is 14.4 Å². The van der Waals surface area contributed by atoms with Crippen molar-refractivity contribution in [2.24, 2.45) is 0 Å². The quantitative estimate of drug-likeness (QED) is 0.476. The molecule has 0 saturated heterocycles. The zero-order chi connectivity index (χ0) is 18.9. The van der Waals surface area contributed by atoms with Gasteiger partial charge in [-0.25, -0.2) is 0 Å². The molecule has 0 unspecified atom stereocenters. The number of ether oxygens (including phenoxy) is 1. The van der Waals surface area contributed by atoms with Gasteiger partial charge >= 0.3 is 0 Å². The topological polar surface area (TPSA) is 87.5 Å². The van der Waals surface area contributed by atoms with Crippen LogP contribution in [0.1, 0.15) is 51.0 Å². The van der Waals surface area contributed by atoms with Gasteiger partial charge in [0.25, 0.3) is 11.8 Å². The lowest BCUT2D eigenvalue weighted by Crippen LogP contribution is -2.32. The summed E-state index contributed by atoms with van der Waals surface area (Å²) in [4.78, 5) is 36.3. The number of Topliss-reactive ketones (excluding diaryl/α,β-unsaturated/α-hetero) is 1. The summed E-state index contributed by atoms with van der Waals surface area (Å²) in [5, 5.41) is 8.78. The summed E-state index contributed by atoms with van der Waals surface area (Å²) in [5.74, 6) is -0.185. The molecule has 0 radical (unpaired) electrons. The molecule has 0 fully saturated rings. The Morgan fingerprint density at radius 1 is 1.08 bits per heavy atom. The zero-order valence-electron chi connectivity index (χ0n) is 14.9. The number of hydrogen-bond donors (Lipinski definition) is 0. The van der Waals surface area contributed by atoms with E-state index < -0.39 is 5.91 Å². The number of carbonyl (C=O) groups is 3. The van der Waals surface area contributed by atoms with Crippen molar-refractivity contribution in [3.05, 3.63) is 41.7 Å².